The Labute approximate surface area is 559 Å². The number of aryl methyl sites for hydroxylation is 1. The van der Waals surface area contributed by atoms with E-state index in [9.17, 15) is 90.9 Å². The molecule has 5 amide bonds. The van der Waals surface area contributed by atoms with Crippen molar-refractivity contribution < 1.29 is 101 Å². The van der Waals surface area contributed by atoms with E-state index >= 15 is 0 Å². The Morgan fingerprint density at radius 3 is 1.66 bits per heavy atom. The second-order valence-corrected chi connectivity index (χ2v) is 27.0. The minimum Gasteiger partial charge on any atom is -0.481 e. The number of likely N-dealkylation sites (N-methyl/N-ethyl adjacent to an activating group) is 1. The molecule has 0 bridgehead atoms. The zero-order valence-electron chi connectivity index (χ0n) is 55.7. The van der Waals surface area contributed by atoms with Gasteiger partial charge in [0.1, 0.15) is 12.6 Å². The number of carboxylic acids is 5. The molecule has 526 valence electrons. The number of nitrogens with two attached hydrogens (primary N) is 1. The average molecular weight is 1360 g/mol. The number of carbonyl (C=O) groups is 12. The zero-order valence-corrected chi connectivity index (χ0v) is 56.5. The third kappa shape index (κ3) is 24.1. The fourth-order valence-corrected chi connectivity index (χ4v) is 12.4. The monoisotopic (exact) mass is 1360 g/mol. The van der Waals surface area contributed by atoms with Gasteiger partial charge >= 0.3 is 29.8 Å². The van der Waals surface area contributed by atoms with Crippen LogP contribution >= 0.6 is 0 Å². The molecule has 0 unspecified atom stereocenters. The van der Waals surface area contributed by atoms with E-state index in [1.54, 1.807) is 6.07 Å². The number of rotatable bonds is 44. The molecule has 4 rings (SSSR count). The van der Waals surface area contributed by atoms with Crippen LogP contribution in [-0.2, 0) is 78.5 Å². The molecule has 2 aromatic rings. The molecule has 28 heteroatoms. The predicted octanol–water partition coefficient (Wildman–Crippen LogP) is 6.33. The van der Waals surface area contributed by atoms with Crippen LogP contribution in [-0.4, -0.2) is 157 Å². The van der Waals surface area contributed by atoms with Crippen molar-refractivity contribution in [2.24, 2.45) is 23.5 Å². The number of carboxylic acid groups (broad SMARTS) is 5. The number of carbonyl (C=O) groups excluding carboxylic acids is 7. The first-order valence-electron chi connectivity index (χ1n) is 32.3. The highest BCUT2D eigenvalue weighted by molar-refractivity contribution is 7.85. The number of amides is 5. The Balaban J connectivity index is 1.37. The molecule has 27 nitrogen and oxygen atoms in total. The van der Waals surface area contributed by atoms with E-state index in [1.165, 1.54) is 41.6 Å². The maximum atomic E-state index is 14.0. The van der Waals surface area contributed by atoms with Gasteiger partial charge in [0.25, 0.3) is 10.1 Å². The van der Waals surface area contributed by atoms with E-state index in [2.05, 4.69) is 82.7 Å². The first-order valence-corrected chi connectivity index (χ1v) is 33.8. The summed E-state index contributed by atoms with van der Waals surface area (Å²) in [5.41, 5.74) is 12.0. The summed E-state index contributed by atoms with van der Waals surface area (Å²) >= 11 is 0. The second kappa shape index (κ2) is 36.8. The van der Waals surface area contributed by atoms with Crippen LogP contribution in [0.2, 0.25) is 0 Å². The average Bonchev–Trinajstić information content (AvgIpc) is 1.60. The van der Waals surface area contributed by atoms with Crippen LogP contribution in [0.4, 0.5) is 11.4 Å². The fourth-order valence-electron chi connectivity index (χ4n) is 11.9. The van der Waals surface area contributed by atoms with Gasteiger partial charge < -0.3 is 57.4 Å². The smallest absolute Gasteiger partial charge is 0.303 e. The number of fused-ring (bicyclic) bond motifs is 2. The number of aliphatic carboxylic acids is 5. The number of primary amides is 1. The zero-order chi connectivity index (χ0) is 71.8. The van der Waals surface area contributed by atoms with Gasteiger partial charge in [0, 0.05) is 123 Å². The number of benzene rings is 2. The molecule has 2 aliphatic rings. The molecular formula is C68H94N7O20S+. The van der Waals surface area contributed by atoms with Gasteiger partial charge in [0.15, 0.2) is 17.3 Å². The molecule has 0 radical (unpaired) electrons. The lowest BCUT2D eigenvalue weighted by Crippen LogP contribution is -2.49. The molecule has 0 saturated carbocycles. The summed E-state index contributed by atoms with van der Waals surface area (Å²) in [5.74, 6) is -16.8. The molecule has 2 aromatic carbocycles. The summed E-state index contributed by atoms with van der Waals surface area (Å²) < 4.78 is 36.6. The fraction of sp³-hybridized carbons (Fsp3) is 0.544. The van der Waals surface area contributed by atoms with Crippen LogP contribution in [0, 0.1) is 24.7 Å². The maximum absolute atomic E-state index is 14.0. The van der Waals surface area contributed by atoms with Crippen molar-refractivity contribution in [2.75, 3.05) is 24.5 Å². The van der Waals surface area contributed by atoms with Gasteiger partial charge in [-0.1, -0.05) is 56.7 Å². The topological polar surface area (TPSA) is 441 Å². The number of hydrogen-bond donors (Lipinski definition) is 11. The number of nitrogens with one attached hydrogen (secondary N) is 4. The number of nitrogens with zero attached hydrogens (tertiary/aromatic N) is 2. The van der Waals surface area contributed by atoms with Crippen LogP contribution in [0.3, 0.4) is 0 Å². The Hall–Kier alpha value is -8.92. The molecule has 2 aliphatic heterocycles. The van der Waals surface area contributed by atoms with Gasteiger partial charge in [0.2, 0.25) is 35.2 Å². The molecule has 0 aromatic heterocycles. The van der Waals surface area contributed by atoms with Crippen molar-refractivity contribution in [3.63, 3.8) is 0 Å². The third-order valence-corrected chi connectivity index (χ3v) is 18.3. The van der Waals surface area contributed by atoms with Crippen LogP contribution in [0.25, 0.3) is 0 Å². The summed E-state index contributed by atoms with van der Waals surface area (Å²) in [7, 11) is -4.49. The molecule has 0 fully saturated rings. The van der Waals surface area contributed by atoms with E-state index in [4.69, 9.17) is 10.8 Å². The summed E-state index contributed by atoms with van der Waals surface area (Å²) in [4.78, 5) is 154. The Morgan fingerprint density at radius 2 is 1.12 bits per heavy atom. The van der Waals surface area contributed by atoms with Gasteiger partial charge in [-0.3, -0.25) is 62.1 Å². The Kier molecular flexibility index (Phi) is 30.5. The van der Waals surface area contributed by atoms with E-state index in [-0.39, 0.29) is 48.4 Å². The standard InChI is InChI=1S/C68H93N7O20S/c1-8-74-51-28-21-41(2)37-46(51)67(4,5)55(74)18-11-9-12-19-56-68(6,7)47-40-45(96(93,94)95)25-29-52(47)75(56)36-16-10-13-20-57(78)70-35-15-14-17-50(63(69)89)73-66(92)44(24-32-60(83)84)39-54(77)49(27-34-62(87)88)72-65(91)43(23-31-59(81)82)38-53(76)48(26-33-61(85)86)71-64(90)42(3)22-30-58(79)80/h9,11-12,18-19,21,25,28-29,37,40,42-44,48-50H,8,10,13-17,20,22-24,26-27,30-36,38-39H2,1-7H3,(H11-,69,70,71,72,73,78,79,80,81,82,83,84,85,86,87,88,89,90,91,92,93,94,95)/p+1/t42-,43+,44+,48-,49-,50-/m1/s1. The molecule has 12 N–H and O–H groups in total. The maximum Gasteiger partial charge on any atom is 0.303 e. The highest BCUT2D eigenvalue weighted by Crippen LogP contribution is 2.48. The van der Waals surface area contributed by atoms with Gasteiger partial charge in [-0.15, -0.1) is 0 Å². The highest BCUT2D eigenvalue weighted by atomic mass is 32.2. The largest absolute Gasteiger partial charge is 0.481 e. The summed E-state index contributed by atoms with van der Waals surface area (Å²) in [6, 6.07) is 6.49. The van der Waals surface area contributed by atoms with Crippen LogP contribution < -0.4 is 31.9 Å². The SMILES string of the molecule is CCN1C(=CC=CC=CC2=[N+](CCCCCC(=O)NCCCC[C@@H](NC(=O)[C@@H](CCC(=O)O)CC(=O)[C@@H](CCC(=O)O)NC(=O)[C@@H](CCC(=O)O)CC(=O)[C@@H](CCC(=O)O)NC(=O)[C@H](C)CCC(=O)O)C(N)=O)c3ccc(S(=O)(=O)O)cc3C2(C)C)C(C)(C)c2cc(C)ccc21. The van der Waals surface area contributed by atoms with E-state index in [1.807, 2.05) is 38.2 Å². The van der Waals surface area contributed by atoms with Crippen molar-refractivity contribution in [1.29, 1.82) is 0 Å². The van der Waals surface area contributed by atoms with Crippen molar-refractivity contribution in [3.8, 4) is 0 Å². The van der Waals surface area contributed by atoms with Crippen molar-refractivity contribution in [3.05, 3.63) is 89.2 Å². The van der Waals surface area contributed by atoms with E-state index in [0.29, 0.717) is 32.2 Å². The molecular weight excluding hydrogens is 1270 g/mol. The Bertz CT molecular complexity index is 3480. The molecule has 0 aliphatic carbocycles. The van der Waals surface area contributed by atoms with E-state index in [0.717, 1.165) is 23.5 Å². The van der Waals surface area contributed by atoms with Gasteiger partial charge in [-0.25, -0.2) is 0 Å². The number of hydrogen-bond acceptors (Lipinski definition) is 15. The summed E-state index contributed by atoms with van der Waals surface area (Å²) in [5, 5.41) is 57.0. The molecule has 6 atom stereocenters. The highest BCUT2D eigenvalue weighted by Gasteiger charge is 2.45. The lowest BCUT2D eigenvalue weighted by molar-refractivity contribution is -0.438. The number of unbranched alkanes of at least 4 members (excludes halogenated alkanes) is 3. The van der Waals surface area contributed by atoms with Gasteiger partial charge in [0.05, 0.1) is 22.4 Å². The number of anilines is 1. The first-order chi connectivity index (χ1) is 45.0. The Morgan fingerprint density at radius 1 is 0.594 bits per heavy atom. The number of ketones is 2. The van der Waals surface area contributed by atoms with E-state index < -0.39 is 187 Å². The summed E-state index contributed by atoms with van der Waals surface area (Å²) in [6.07, 6.45) is 5.59. The van der Waals surface area contributed by atoms with Crippen LogP contribution in [0.5, 0.6) is 0 Å². The lowest BCUT2D eigenvalue weighted by Gasteiger charge is -2.25. The lowest BCUT2D eigenvalue weighted by atomic mass is 9.81. The minimum atomic E-state index is -4.49. The molecule has 0 saturated heterocycles. The minimum absolute atomic E-state index is 0.0457. The van der Waals surface area contributed by atoms with Gasteiger partial charge in [-0.05, 0) is 122 Å². The quantitative estimate of drug-likeness (QED) is 0.0149. The predicted molar refractivity (Wildman–Crippen MR) is 353 cm³/mol. The van der Waals surface area contributed by atoms with Crippen molar-refractivity contribution in [1.82, 2.24) is 21.3 Å². The number of allylic oxidation sites excluding steroid dienone is 6. The molecule has 2 heterocycles. The molecule has 0 spiro atoms. The second-order valence-electron chi connectivity index (χ2n) is 25.5. The summed E-state index contributed by atoms with van der Waals surface area (Å²) in [6.45, 7) is 15.5. The molecule has 96 heavy (non-hydrogen) atoms. The van der Waals surface area contributed by atoms with Crippen LogP contribution in [0.15, 0.2) is 77.4 Å². The normalized spacial score (nSPS) is 16.2. The van der Waals surface area contributed by atoms with Crippen molar-refractivity contribution in [2.45, 2.75) is 204 Å². The number of Topliss-reactive ketones (excluding diaryl/α,β-unsaturated/α-hetero) is 2. The van der Waals surface area contributed by atoms with Crippen molar-refractivity contribution >= 4 is 98.2 Å². The third-order valence-electron chi connectivity index (χ3n) is 17.4. The first kappa shape index (κ1) is 79.5. The van der Waals surface area contributed by atoms with Crippen LogP contribution in [0.1, 0.15) is 180 Å². The van der Waals surface area contributed by atoms with Gasteiger partial charge in [-0.2, -0.15) is 13.0 Å².